The van der Waals surface area contributed by atoms with Crippen LogP contribution in [0.15, 0.2) is 30.3 Å². The predicted molar refractivity (Wildman–Crippen MR) is 105 cm³/mol. The second-order valence-electron chi connectivity index (χ2n) is 7.13. The maximum Gasteiger partial charge on any atom is 0.264 e. The van der Waals surface area contributed by atoms with Crippen molar-refractivity contribution in [2.75, 3.05) is 19.8 Å². The van der Waals surface area contributed by atoms with Crippen molar-refractivity contribution in [1.82, 2.24) is 14.7 Å². The van der Waals surface area contributed by atoms with Gasteiger partial charge in [-0.25, -0.2) is 4.68 Å². The van der Waals surface area contributed by atoms with Crippen LogP contribution in [-0.2, 0) is 4.74 Å². The zero-order valence-corrected chi connectivity index (χ0v) is 16.5. The molecule has 1 aliphatic rings. The van der Waals surface area contributed by atoms with E-state index in [2.05, 4.69) is 5.10 Å². The van der Waals surface area contributed by atoms with E-state index in [9.17, 15) is 4.79 Å². The Morgan fingerprint density at radius 1 is 1.35 bits per heavy atom. The molecule has 2 aromatic heterocycles. The van der Waals surface area contributed by atoms with Gasteiger partial charge in [0.15, 0.2) is 0 Å². The molecule has 4 rings (SSSR count). The maximum atomic E-state index is 13.1. The number of carbonyl (C=O) groups excluding carboxylic acids is 1. The molecule has 0 N–H and O–H groups in total. The average Bonchev–Trinajstić information content (AvgIpc) is 3.15. The first-order chi connectivity index (χ1) is 12.4. The number of ether oxygens (including phenoxy) is 1. The molecular weight excluding hydrogens is 370 g/mol. The fourth-order valence-electron chi connectivity index (χ4n) is 3.30. The standard InChI is InChI=1S/C19H20ClN3O2S/c1-12-15-10-16(17(24)22-7-8-25-11-19(22,2)3)26-18(15)23(21-12)14-6-4-5-13(20)9-14/h4-6,9-10H,7-8,11H2,1-3H3. The zero-order chi connectivity index (χ0) is 18.5. The van der Waals surface area contributed by atoms with Crippen molar-refractivity contribution in [2.45, 2.75) is 26.3 Å². The molecule has 3 heterocycles. The van der Waals surface area contributed by atoms with Crippen molar-refractivity contribution in [1.29, 1.82) is 0 Å². The van der Waals surface area contributed by atoms with Crippen molar-refractivity contribution >= 4 is 39.1 Å². The number of hydrogen-bond donors (Lipinski definition) is 0. The van der Waals surface area contributed by atoms with Gasteiger partial charge in [0.2, 0.25) is 0 Å². The van der Waals surface area contributed by atoms with Gasteiger partial charge < -0.3 is 9.64 Å². The summed E-state index contributed by atoms with van der Waals surface area (Å²) < 4.78 is 7.40. The molecule has 5 nitrogen and oxygen atoms in total. The molecule has 1 saturated heterocycles. The largest absolute Gasteiger partial charge is 0.377 e. The average molecular weight is 390 g/mol. The number of rotatable bonds is 2. The first kappa shape index (κ1) is 17.5. The van der Waals surface area contributed by atoms with Gasteiger partial charge in [0.25, 0.3) is 5.91 Å². The van der Waals surface area contributed by atoms with Crippen LogP contribution in [0.2, 0.25) is 5.02 Å². The lowest BCUT2D eigenvalue weighted by Crippen LogP contribution is -2.55. The Balaban J connectivity index is 1.77. The minimum atomic E-state index is -0.306. The smallest absolute Gasteiger partial charge is 0.264 e. The highest BCUT2D eigenvalue weighted by Gasteiger charge is 2.35. The van der Waals surface area contributed by atoms with Gasteiger partial charge in [0.1, 0.15) is 4.83 Å². The van der Waals surface area contributed by atoms with E-state index in [1.807, 2.05) is 60.7 Å². The van der Waals surface area contributed by atoms with Crippen molar-refractivity contribution in [3.05, 3.63) is 45.9 Å². The van der Waals surface area contributed by atoms with Crippen LogP contribution < -0.4 is 0 Å². The summed E-state index contributed by atoms with van der Waals surface area (Å²) in [6.45, 7) is 7.78. The Bertz CT molecular complexity index is 992. The molecule has 3 aromatic rings. The van der Waals surface area contributed by atoms with Gasteiger partial charge in [0.05, 0.1) is 35.0 Å². The van der Waals surface area contributed by atoms with E-state index < -0.39 is 0 Å². The highest BCUT2D eigenvalue weighted by atomic mass is 35.5. The first-order valence-corrected chi connectivity index (χ1v) is 9.71. The van der Waals surface area contributed by atoms with Crippen LogP contribution >= 0.6 is 22.9 Å². The summed E-state index contributed by atoms with van der Waals surface area (Å²) in [5.41, 5.74) is 1.49. The van der Waals surface area contributed by atoms with Crippen LogP contribution in [0.25, 0.3) is 15.9 Å². The first-order valence-electron chi connectivity index (χ1n) is 8.52. The summed E-state index contributed by atoms with van der Waals surface area (Å²) in [5.74, 6) is 0.0524. The number of aryl methyl sites for hydroxylation is 1. The Kier molecular flexibility index (Phi) is 4.29. The Morgan fingerprint density at radius 2 is 2.15 bits per heavy atom. The normalized spacial score (nSPS) is 17.0. The summed E-state index contributed by atoms with van der Waals surface area (Å²) in [5, 5.41) is 6.29. The lowest BCUT2D eigenvalue weighted by molar-refractivity contribution is -0.0368. The highest BCUT2D eigenvalue weighted by molar-refractivity contribution is 7.20. The van der Waals surface area contributed by atoms with E-state index in [-0.39, 0.29) is 11.4 Å². The van der Waals surface area contributed by atoms with Crippen molar-refractivity contribution in [3.63, 3.8) is 0 Å². The SMILES string of the molecule is Cc1nn(-c2cccc(Cl)c2)c2sc(C(=O)N3CCOCC3(C)C)cc12. The summed E-state index contributed by atoms with van der Waals surface area (Å²) in [4.78, 5) is 16.7. The van der Waals surface area contributed by atoms with Gasteiger partial charge in [-0.2, -0.15) is 5.10 Å². The molecule has 0 saturated carbocycles. The molecule has 1 amide bonds. The molecule has 1 aromatic carbocycles. The summed E-state index contributed by atoms with van der Waals surface area (Å²) in [7, 11) is 0. The number of morpholine rings is 1. The Morgan fingerprint density at radius 3 is 2.88 bits per heavy atom. The predicted octanol–water partition coefficient (Wildman–Crippen LogP) is 4.30. The van der Waals surface area contributed by atoms with E-state index >= 15 is 0 Å². The number of benzene rings is 1. The molecule has 0 spiro atoms. The lowest BCUT2D eigenvalue weighted by Gasteiger charge is -2.41. The Labute approximate surface area is 161 Å². The topological polar surface area (TPSA) is 47.4 Å². The minimum Gasteiger partial charge on any atom is -0.377 e. The van der Waals surface area contributed by atoms with Gasteiger partial charge in [-0.3, -0.25) is 4.79 Å². The number of carbonyl (C=O) groups is 1. The number of nitrogens with zero attached hydrogens (tertiary/aromatic N) is 3. The van der Waals surface area contributed by atoms with Gasteiger partial charge >= 0.3 is 0 Å². The van der Waals surface area contributed by atoms with Gasteiger partial charge in [-0.05, 0) is 45.0 Å². The number of aromatic nitrogens is 2. The van der Waals surface area contributed by atoms with Crippen molar-refractivity contribution in [2.24, 2.45) is 0 Å². The van der Waals surface area contributed by atoms with Crippen LogP contribution in [0.5, 0.6) is 0 Å². The molecule has 0 atom stereocenters. The van der Waals surface area contributed by atoms with E-state index in [0.29, 0.717) is 24.8 Å². The molecule has 7 heteroatoms. The van der Waals surface area contributed by atoms with E-state index in [1.54, 1.807) is 0 Å². The zero-order valence-electron chi connectivity index (χ0n) is 15.0. The Hall–Kier alpha value is -1.89. The molecule has 0 unspecified atom stereocenters. The summed E-state index contributed by atoms with van der Waals surface area (Å²) >= 11 is 7.60. The number of amides is 1. The summed E-state index contributed by atoms with van der Waals surface area (Å²) in [6, 6.07) is 9.53. The molecule has 26 heavy (non-hydrogen) atoms. The quantitative estimate of drug-likeness (QED) is 0.656. The number of fused-ring (bicyclic) bond motifs is 1. The van der Waals surface area contributed by atoms with E-state index in [1.165, 1.54) is 11.3 Å². The lowest BCUT2D eigenvalue weighted by atomic mass is 10.0. The third-order valence-corrected chi connectivity index (χ3v) is 6.03. The third-order valence-electron chi connectivity index (χ3n) is 4.70. The minimum absolute atomic E-state index is 0.0524. The molecular formula is C19H20ClN3O2S. The molecule has 1 aliphatic heterocycles. The van der Waals surface area contributed by atoms with Crippen molar-refractivity contribution < 1.29 is 9.53 Å². The number of halogens is 1. The second-order valence-corrected chi connectivity index (χ2v) is 8.60. The fraction of sp³-hybridized carbons (Fsp3) is 0.368. The molecule has 0 aliphatic carbocycles. The van der Waals surface area contributed by atoms with Crippen LogP contribution in [0, 0.1) is 6.92 Å². The van der Waals surface area contributed by atoms with Crippen LogP contribution in [0.4, 0.5) is 0 Å². The monoisotopic (exact) mass is 389 g/mol. The van der Waals surface area contributed by atoms with E-state index in [0.717, 1.165) is 26.5 Å². The third kappa shape index (κ3) is 2.92. The van der Waals surface area contributed by atoms with Crippen LogP contribution in [-0.4, -0.2) is 45.9 Å². The van der Waals surface area contributed by atoms with Gasteiger partial charge in [-0.15, -0.1) is 11.3 Å². The van der Waals surface area contributed by atoms with Crippen LogP contribution in [0.3, 0.4) is 0 Å². The van der Waals surface area contributed by atoms with E-state index in [4.69, 9.17) is 16.3 Å². The summed E-state index contributed by atoms with van der Waals surface area (Å²) in [6.07, 6.45) is 0. The molecule has 0 bridgehead atoms. The highest BCUT2D eigenvalue weighted by Crippen LogP contribution is 2.33. The molecule has 136 valence electrons. The number of hydrogen-bond acceptors (Lipinski definition) is 4. The molecule has 1 fully saturated rings. The molecule has 0 radical (unpaired) electrons. The van der Waals surface area contributed by atoms with Gasteiger partial charge in [-0.1, -0.05) is 17.7 Å². The second kappa shape index (κ2) is 6.37. The maximum absolute atomic E-state index is 13.1. The van der Waals surface area contributed by atoms with Crippen molar-refractivity contribution in [3.8, 4) is 5.69 Å². The fourth-order valence-corrected chi connectivity index (χ4v) is 4.62. The van der Waals surface area contributed by atoms with Gasteiger partial charge in [0, 0.05) is 17.0 Å². The number of thiophene rings is 1. The van der Waals surface area contributed by atoms with Crippen LogP contribution in [0.1, 0.15) is 29.2 Å².